The molecule has 0 spiro atoms. The smallest absolute Gasteiger partial charge is 0.323 e. The first-order valence-electron chi connectivity index (χ1n) is 6.58. The third kappa shape index (κ3) is 5.25. The van der Waals surface area contributed by atoms with Gasteiger partial charge in [0.05, 0.1) is 6.61 Å². The number of carboxylic acids is 1. The summed E-state index contributed by atoms with van der Waals surface area (Å²) in [7, 11) is 0. The van der Waals surface area contributed by atoms with E-state index in [4.69, 9.17) is 9.84 Å². The number of rotatable bonds is 8. The molecule has 4 nitrogen and oxygen atoms in total. The maximum atomic E-state index is 11.8. The van der Waals surface area contributed by atoms with Gasteiger partial charge < -0.3 is 9.84 Å². The van der Waals surface area contributed by atoms with Crippen LogP contribution in [0.3, 0.4) is 0 Å². The molecule has 0 aliphatic heterocycles. The van der Waals surface area contributed by atoms with Crippen LogP contribution in [0.2, 0.25) is 0 Å². The second-order valence-electron chi connectivity index (χ2n) is 4.36. The number of aryl methyl sites for hydroxylation is 1. The normalized spacial score (nSPS) is 11.9. The number of hydrogen-bond acceptors (Lipinski definition) is 4. The van der Waals surface area contributed by atoms with Crippen molar-refractivity contribution >= 4 is 23.7 Å². The Kier molecular flexibility index (Phi) is 7.15. The van der Waals surface area contributed by atoms with Crippen LogP contribution < -0.4 is 0 Å². The molecule has 1 N–H and O–H groups in total. The zero-order valence-corrected chi connectivity index (χ0v) is 12.6. The Bertz CT molecular complexity index is 442. The second-order valence-corrected chi connectivity index (χ2v) is 5.30. The van der Waals surface area contributed by atoms with Gasteiger partial charge in [0.2, 0.25) is 0 Å². The lowest BCUT2D eigenvalue weighted by Crippen LogP contribution is -2.12. The number of carbonyl (C=O) groups excluding carboxylic acids is 1. The standard InChI is InChI=1S/C15H20O4S/c1-3-19-15(18)14(20-2)12-9-7-11(8-10-12)5-4-6-13(16)17/h7-10,14H,3-6H2,1-2H3,(H,16,17). The highest BCUT2D eigenvalue weighted by molar-refractivity contribution is 7.99. The zero-order chi connectivity index (χ0) is 15.0. The lowest BCUT2D eigenvalue weighted by Gasteiger charge is -2.13. The summed E-state index contributed by atoms with van der Waals surface area (Å²) in [6, 6.07) is 7.71. The van der Waals surface area contributed by atoms with Crippen molar-refractivity contribution in [1.29, 1.82) is 0 Å². The summed E-state index contributed by atoms with van der Waals surface area (Å²) < 4.78 is 5.05. The van der Waals surface area contributed by atoms with E-state index in [9.17, 15) is 9.59 Å². The summed E-state index contributed by atoms with van der Waals surface area (Å²) >= 11 is 1.45. The van der Waals surface area contributed by atoms with E-state index in [1.165, 1.54) is 11.8 Å². The van der Waals surface area contributed by atoms with Crippen LogP contribution in [0.4, 0.5) is 0 Å². The molecule has 110 valence electrons. The second kappa shape index (κ2) is 8.64. The highest BCUT2D eigenvalue weighted by atomic mass is 32.2. The third-order valence-corrected chi connectivity index (χ3v) is 3.81. The number of aliphatic carboxylic acids is 1. The molecule has 1 atom stereocenters. The number of carbonyl (C=O) groups is 2. The molecule has 0 radical (unpaired) electrons. The Labute approximate surface area is 123 Å². The highest BCUT2D eigenvalue weighted by Crippen LogP contribution is 2.28. The summed E-state index contributed by atoms with van der Waals surface area (Å²) in [5.74, 6) is -0.995. The quantitative estimate of drug-likeness (QED) is 0.747. The molecule has 0 saturated heterocycles. The van der Waals surface area contributed by atoms with Crippen molar-refractivity contribution in [2.24, 2.45) is 0 Å². The molecule has 1 unspecified atom stereocenters. The molecule has 0 heterocycles. The Morgan fingerprint density at radius 2 is 1.95 bits per heavy atom. The molecule has 0 aliphatic carbocycles. The third-order valence-electron chi connectivity index (χ3n) is 2.87. The molecule has 1 rings (SSSR count). The number of carboxylic acid groups (broad SMARTS) is 1. The molecule has 1 aromatic carbocycles. The summed E-state index contributed by atoms with van der Waals surface area (Å²) in [6.45, 7) is 2.17. The van der Waals surface area contributed by atoms with Crippen molar-refractivity contribution < 1.29 is 19.4 Å². The van der Waals surface area contributed by atoms with Gasteiger partial charge in [-0.05, 0) is 37.1 Å². The van der Waals surface area contributed by atoms with Gasteiger partial charge in [0.25, 0.3) is 0 Å². The summed E-state index contributed by atoms with van der Waals surface area (Å²) in [5, 5.41) is 8.29. The van der Waals surface area contributed by atoms with E-state index < -0.39 is 5.97 Å². The Balaban J connectivity index is 2.64. The average Bonchev–Trinajstić information content (AvgIpc) is 2.41. The predicted octanol–water partition coefficient (Wildman–Crippen LogP) is 3.06. The Morgan fingerprint density at radius 3 is 2.45 bits per heavy atom. The van der Waals surface area contributed by atoms with Gasteiger partial charge in [0.1, 0.15) is 5.25 Å². The maximum absolute atomic E-state index is 11.8. The van der Waals surface area contributed by atoms with Crippen molar-refractivity contribution in [3.63, 3.8) is 0 Å². The molecule has 0 fully saturated rings. The first-order valence-corrected chi connectivity index (χ1v) is 7.87. The van der Waals surface area contributed by atoms with E-state index in [1.54, 1.807) is 6.92 Å². The Morgan fingerprint density at radius 1 is 1.30 bits per heavy atom. The van der Waals surface area contributed by atoms with E-state index in [-0.39, 0.29) is 17.6 Å². The van der Waals surface area contributed by atoms with Gasteiger partial charge in [-0.25, -0.2) is 0 Å². The minimum Gasteiger partial charge on any atom is -0.481 e. The van der Waals surface area contributed by atoms with Gasteiger partial charge in [-0.15, -0.1) is 11.8 Å². The van der Waals surface area contributed by atoms with E-state index in [0.717, 1.165) is 17.5 Å². The van der Waals surface area contributed by atoms with Crippen LogP contribution in [0.15, 0.2) is 24.3 Å². The number of hydrogen-bond donors (Lipinski definition) is 1. The van der Waals surface area contributed by atoms with Crippen molar-refractivity contribution in [3.05, 3.63) is 35.4 Å². The van der Waals surface area contributed by atoms with Gasteiger partial charge in [-0.1, -0.05) is 24.3 Å². The SMILES string of the molecule is CCOC(=O)C(SC)c1ccc(CCCC(=O)O)cc1. The molecule has 0 aliphatic rings. The largest absolute Gasteiger partial charge is 0.481 e. The van der Waals surface area contributed by atoms with Crippen molar-refractivity contribution in [1.82, 2.24) is 0 Å². The highest BCUT2D eigenvalue weighted by Gasteiger charge is 2.20. The van der Waals surface area contributed by atoms with Crippen LogP contribution in [0.25, 0.3) is 0 Å². The van der Waals surface area contributed by atoms with Crippen molar-refractivity contribution in [2.75, 3.05) is 12.9 Å². The van der Waals surface area contributed by atoms with Crippen molar-refractivity contribution in [2.45, 2.75) is 31.4 Å². The van der Waals surface area contributed by atoms with Crippen LogP contribution in [-0.2, 0) is 20.7 Å². The van der Waals surface area contributed by atoms with E-state index in [2.05, 4.69) is 0 Å². The number of thioether (sulfide) groups is 1. The number of esters is 1. The summed E-state index contributed by atoms with van der Waals surface area (Å²) in [6.07, 6.45) is 3.41. The summed E-state index contributed by atoms with van der Waals surface area (Å²) in [5.41, 5.74) is 2.00. The topological polar surface area (TPSA) is 63.6 Å². The number of benzene rings is 1. The van der Waals surface area contributed by atoms with Gasteiger partial charge >= 0.3 is 11.9 Å². The fraction of sp³-hybridized carbons (Fsp3) is 0.467. The molecule has 5 heteroatoms. The Hall–Kier alpha value is -1.49. The summed E-state index contributed by atoms with van der Waals surface area (Å²) in [4.78, 5) is 22.3. The van der Waals surface area contributed by atoms with E-state index in [0.29, 0.717) is 13.0 Å². The fourth-order valence-corrected chi connectivity index (χ4v) is 2.58. The lowest BCUT2D eigenvalue weighted by molar-refractivity contribution is -0.142. The average molecular weight is 296 g/mol. The molecule has 20 heavy (non-hydrogen) atoms. The van der Waals surface area contributed by atoms with Gasteiger partial charge in [-0.3, -0.25) is 9.59 Å². The van der Waals surface area contributed by atoms with Crippen LogP contribution in [0.1, 0.15) is 36.1 Å². The number of ether oxygens (including phenoxy) is 1. The predicted molar refractivity (Wildman–Crippen MR) is 79.9 cm³/mol. The van der Waals surface area contributed by atoms with Crippen LogP contribution in [-0.4, -0.2) is 29.9 Å². The van der Waals surface area contributed by atoms with Crippen molar-refractivity contribution in [3.8, 4) is 0 Å². The molecular formula is C15H20O4S. The molecule has 0 amide bonds. The minimum absolute atomic E-state index is 0.179. The zero-order valence-electron chi connectivity index (χ0n) is 11.8. The molecule has 0 saturated carbocycles. The van der Waals surface area contributed by atoms with E-state index in [1.807, 2.05) is 30.5 Å². The van der Waals surface area contributed by atoms with E-state index >= 15 is 0 Å². The molecule has 1 aromatic rings. The maximum Gasteiger partial charge on any atom is 0.323 e. The van der Waals surface area contributed by atoms with Gasteiger partial charge in [-0.2, -0.15) is 0 Å². The van der Waals surface area contributed by atoms with Gasteiger partial charge in [0, 0.05) is 6.42 Å². The van der Waals surface area contributed by atoms with Crippen LogP contribution in [0.5, 0.6) is 0 Å². The first kappa shape index (κ1) is 16.6. The van der Waals surface area contributed by atoms with Crippen LogP contribution >= 0.6 is 11.8 Å². The van der Waals surface area contributed by atoms with Crippen LogP contribution in [0, 0.1) is 0 Å². The lowest BCUT2D eigenvalue weighted by atomic mass is 10.0. The monoisotopic (exact) mass is 296 g/mol. The molecule has 0 aromatic heterocycles. The minimum atomic E-state index is -0.772. The molecule has 0 bridgehead atoms. The molecular weight excluding hydrogens is 276 g/mol. The fourth-order valence-electron chi connectivity index (χ4n) is 1.89. The first-order chi connectivity index (χ1) is 9.58. The van der Waals surface area contributed by atoms with Gasteiger partial charge in [0.15, 0.2) is 0 Å².